The van der Waals surface area contributed by atoms with Gasteiger partial charge in [0.15, 0.2) is 0 Å². The van der Waals surface area contributed by atoms with Crippen LogP contribution in [0.1, 0.15) is 19.8 Å². The number of benzene rings is 1. The molecule has 4 heteroatoms. The lowest BCUT2D eigenvalue weighted by molar-refractivity contribution is 0.285. The first-order chi connectivity index (χ1) is 8.58. The molecule has 2 aliphatic rings. The van der Waals surface area contributed by atoms with Crippen LogP contribution in [0.25, 0.3) is 0 Å². The molecule has 2 fully saturated rings. The lowest BCUT2D eigenvalue weighted by Gasteiger charge is -2.43. The lowest BCUT2D eigenvalue weighted by Crippen LogP contribution is -2.60. The maximum Gasteiger partial charge on any atom is 0.0640 e. The first kappa shape index (κ1) is 12.6. The van der Waals surface area contributed by atoms with Gasteiger partial charge < -0.3 is 10.2 Å². The van der Waals surface area contributed by atoms with Crippen molar-refractivity contribution in [3.05, 3.63) is 28.2 Å². The van der Waals surface area contributed by atoms with Gasteiger partial charge >= 0.3 is 0 Å². The highest BCUT2D eigenvalue weighted by Gasteiger charge is 2.44. The number of nitrogens with zero attached hydrogens (tertiary/aromatic N) is 1. The van der Waals surface area contributed by atoms with Crippen LogP contribution in [0.5, 0.6) is 0 Å². The molecule has 1 heterocycles. The third kappa shape index (κ3) is 2.34. The molecule has 1 aliphatic carbocycles. The fourth-order valence-electron chi connectivity index (χ4n) is 2.94. The number of nitrogens with one attached hydrogen (secondary N) is 1. The molecule has 3 rings (SSSR count). The van der Waals surface area contributed by atoms with E-state index < -0.39 is 0 Å². The quantitative estimate of drug-likeness (QED) is 0.893. The third-order valence-corrected chi connectivity index (χ3v) is 4.71. The summed E-state index contributed by atoms with van der Waals surface area (Å²) >= 11 is 12.4. The van der Waals surface area contributed by atoms with Crippen molar-refractivity contribution in [2.24, 2.45) is 5.92 Å². The zero-order valence-electron chi connectivity index (χ0n) is 10.5. The molecule has 1 atom stereocenters. The minimum Gasteiger partial charge on any atom is -0.367 e. The second-order valence-electron chi connectivity index (χ2n) is 5.64. The van der Waals surface area contributed by atoms with Gasteiger partial charge in [-0.15, -0.1) is 0 Å². The first-order valence-corrected chi connectivity index (χ1v) is 7.29. The topological polar surface area (TPSA) is 15.3 Å². The summed E-state index contributed by atoms with van der Waals surface area (Å²) < 4.78 is 0. The van der Waals surface area contributed by atoms with E-state index in [0.29, 0.717) is 0 Å². The summed E-state index contributed by atoms with van der Waals surface area (Å²) in [5.41, 5.74) is 1.29. The summed E-state index contributed by atoms with van der Waals surface area (Å²) in [7, 11) is 0. The molecule has 0 aromatic heterocycles. The Labute approximate surface area is 118 Å². The maximum atomic E-state index is 6.30. The summed E-state index contributed by atoms with van der Waals surface area (Å²) in [5.74, 6) is 0.818. The highest BCUT2D eigenvalue weighted by Crippen LogP contribution is 2.42. The molecule has 1 aliphatic heterocycles. The van der Waals surface area contributed by atoms with Crippen LogP contribution in [-0.2, 0) is 0 Å². The van der Waals surface area contributed by atoms with E-state index in [1.54, 1.807) is 0 Å². The van der Waals surface area contributed by atoms with Crippen LogP contribution in [0.2, 0.25) is 10.0 Å². The Morgan fingerprint density at radius 1 is 1.33 bits per heavy atom. The number of halogens is 2. The monoisotopic (exact) mass is 284 g/mol. The van der Waals surface area contributed by atoms with Crippen molar-refractivity contribution in [2.45, 2.75) is 25.3 Å². The van der Waals surface area contributed by atoms with Gasteiger partial charge in [0.25, 0.3) is 0 Å². The van der Waals surface area contributed by atoms with Gasteiger partial charge in [-0.2, -0.15) is 0 Å². The van der Waals surface area contributed by atoms with Crippen LogP contribution < -0.4 is 10.2 Å². The van der Waals surface area contributed by atoms with Gasteiger partial charge in [0.2, 0.25) is 0 Å². The molecule has 0 bridgehead atoms. The average molecular weight is 285 g/mol. The Kier molecular flexibility index (Phi) is 3.21. The van der Waals surface area contributed by atoms with Crippen molar-refractivity contribution in [1.82, 2.24) is 5.32 Å². The van der Waals surface area contributed by atoms with E-state index in [1.165, 1.54) is 12.8 Å². The number of anilines is 1. The predicted octanol–water partition coefficient (Wildman–Crippen LogP) is 3.57. The number of rotatable bonds is 2. The Hall–Kier alpha value is -0.440. The van der Waals surface area contributed by atoms with E-state index in [4.69, 9.17) is 23.2 Å². The molecule has 0 radical (unpaired) electrons. The van der Waals surface area contributed by atoms with E-state index in [0.717, 1.165) is 41.3 Å². The molecular formula is C14H18Cl2N2. The van der Waals surface area contributed by atoms with Gasteiger partial charge in [-0.3, -0.25) is 0 Å². The van der Waals surface area contributed by atoms with Crippen molar-refractivity contribution < 1.29 is 0 Å². The molecule has 1 saturated carbocycles. The second-order valence-corrected chi connectivity index (χ2v) is 6.48. The molecule has 0 spiro atoms. The van der Waals surface area contributed by atoms with Crippen molar-refractivity contribution in [3.63, 3.8) is 0 Å². The zero-order valence-corrected chi connectivity index (χ0v) is 12.1. The number of piperazine rings is 1. The second kappa shape index (κ2) is 4.59. The molecule has 98 valence electrons. The normalized spacial score (nSPS) is 28.5. The van der Waals surface area contributed by atoms with Crippen LogP contribution in [0.3, 0.4) is 0 Å². The minimum atomic E-state index is 0.226. The molecule has 0 amide bonds. The summed E-state index contributed by atoms with van der Waals surface area (Å²) in [6, 6.07) is 5.70. The number of hydrogen-bond donors (Lipinski definition) is 1. The molecule has 1 aromatic rings. The van der Waals surface area contributed by atoms with Crippen molar-refractivity contribution in [1.29, 1.82) is 0 Å². The van der Waals surface area contributed by atoms with Gasteiger partial charge in [0.05, 0.1) is 10.7 Å². The van der Waals surface area contributed by atoms with Crippen molar-refractivity contribution in [2.75, 3.05) is 24.5 Å². The fraction of sp³-hybridized carbons (Fsp3) is 0.571. The Morgan fingerprint density at radius 2 is 2.11 bits per heavy atom. The predicted molar refractivity (Wildman–Crippen MR) is 77.8 cm³/mol. The van der Waals surface area contributed by atoms with Crippen molar-refractivity contribution >= 4 is 28.9 Å². The van der Waals surface area contributed by atoms with Crippen LogP contribution in [0.15, 0.2) is 18.2 Å². The van der Waals surface area contributed by atoms with E-state index >= 15 is 0 Å². The van der Waals surface area contributed by atoms with Gasteiger partial charge in [-0.05, 0) is 43.9 Å². The van der Waals surface area contributed by atoms with E-state index in [-0.39, 0.29) is 5.54 Å². The van der Waals surface area contributed by atoms with Gasteiger partial charge in [0, 0.05) is 30.2 Å². The number of hydrogen-bond acceptors (Lipinski definition) is 2. The summed E-state index contributed by atoms with van der Waals surface area (Å²) in [6.45, 7) is 5.34. The first-order valence-electron chi connectivity index (χ1n) is 6.53. The third-order valence-electron chi connectivity index (χ3n) is 4.16. The molecule has 1 unspecified atom stereocenters. The van der Waals surface area contributed by atoms with Crippen LogP contribution in [-0.4, -0.2) is 25.2 Å². The van der Waals surface area contributed by atoms with Gasteiger partial charge in [-0.1, -0.05) is 23.2 Å². The molecule has 18 heavy (non-hydrogen) atoms. The summed E-state index contributed by atoms with van der Waals surface area (Å²) in [6.07, 6.45) is 2.70. The molecule has 2 nitrogen and oxygen atoms in total. The summed E-state index contributed by atoms with van der Waals surface area (Å²) in [4.78, 5) is 2.36. The van der Waals surface area contributed by atoms with Crippen LogP contribution in [0, 0.1) is 5.92 Å². The standard InChI is InChI=1S/C14H18Cl2N2/c1-14(10-2-3-10)9-18(7-6-17-14)13-8-11(15)4-5-12(13)16/h4-5,8,10,17H,2-3,6-7,9H2,1H3. The zero-order chi connectivity index (χ0) is 12.8. The SMILES string of the molecule is CC1(C2CC2)CN(c2cc(Cl)ccc2Cl)CCN1. The van der Waals surface area contributed by atoms with Crippen LogP contribution in [0.4, 0.5) is 5.69 Å². The smallest absolute Gasteiger partial charge is 0.0640 e. The highest BCUT2D eigenvalue weighted by atomic mass is 35.5. The fourth-order valence-corrected chi connectivity index (χ4v) is 3.34. The Bertz CT molecular complexity index is 459. The average Bonchev–Trinajstić information content (AvgIpc) is 3.17. The van der Waals surface area contributed by atoms with Crippen LogP contribution >= 0.6 is 23.2 Å². The largest absolute Gasteiger partial charge is 0.367 e. The lowest BCUT2D eigenvalue weighted by atomic mass is 9.92. The Morgan fingerprint density at radius 3 is 2.83 bits per heavy atom. The summed E-state index contributed by atoms with van der Waals surface area (Å²) in [5, 5.41) is 5.22. The van der Waals surface area contributed by atoms with Gasteiger partial charge in [-0.25, -0.2) is 0 Å². The molecule has 1 saturated heterocycles. The maximum absolute atomic E-state index is 6.30. The Balaban J connectivity index is 1.85. The molecular weight excluding hydrogens is 267 g/mol. The van der Waals surface area contributed by atoms with Gasteiger partial charge in [0.1, 0.15) is 0 Å². The van der Waals surface area contributed by atoms with E-state index in [1.807, 2.05) is 18.2 Å². The highest BCUT2D eigenvalue weighted by molar-refractivity contribution is 6.35. The van der Waals surface area contributed by atoms with Crippen molar-refractivity contribution in [3.8, 4) is 0 Å². The molecule has 1 N–H and O–H groups in total. The molecule has 1 aromatic carbocycles. The minimum absolute atomic E-state index is 0.226. The van der Waals surface area contributed by atoms with E-state index in [2.05, 4.69) is 17.1 Å². The van der Waals surface area contributed by atoms with E-state index in [9.17, 15) is 0 Å².